The molecule has 1 rings (SSSR count). The predicted molar refractivity (Wildman–Crippen MR) is 67.7 cm³/mol. The van der Waals surface area contributed by atoms with E-state index in [9.17, 15) is 0 Å². The largest absolute Gasteiger partial charge is 0.301 e. The molecule has 0 aromatic carbocycles. The van der Waals surface area contributed by atoms with E-state index in [4.69, 9.17) is 11.6 Å². The molecule has 0 aromatic heterocycles. The van der Waals surface area contributed by atoms with Gasteiger partial charge in [0.1, 0.15) is 0 Å². The fourth-order valence-electron chi connectivity index (χ4n) is 2.07. The third-order valence-corrected chi connectivity index (χ3v) is 3.45. The Kier molecular flexibility index (Phi) is 5.37. The van der Waals surface area contributed by atoms with E-state index in [0.29, 0.717) is 5.54 Å². The fourth-order valence-corrected chi connectivity index (χ4v) is 2.26. The van der Waals surface area contributed by atoms with Gasteiger partial charge in [0.15, 0.2) is 0 Å². The molecule has 1 saturated heterocycles. The van der Waals surface area contributed by atoms with Crippen molar-refractivity contribution in [2.45, 2.75) is 39.2 Å². The molecule has 0 bridgehead atoms. The van der Waals surface area contributed by atoms with Gasteiger partial charge in [0.25, 0.3) is 0 Å². The zero-order valence-corrected chi connectivity index (χ0v) is 11.2. The molecular weight excluding hydrogens is 208 g/mol. The maximum Gasteiger partial charge on any atom is 0.0223 e. The van der Waals surface area contributed by atoms with Gasteiger partial charge in [0, 0.05) is 37.6 Å². The highest BCUT2D eigenvalue weighted by atomic mass is 35.5. The third kappa shape index (κ3) is 4.71. The molecule has 1 aliphatic rings. The van der Waals surface area contributed by atoms with Crippen LogP contribution in [0.2, 0.25) is 0 Å². The molecule has 0 unspecified atom stereocenters. The summed E-state index contributed by atoms with van der Waals surface area (Å²) >= 11 is 5.68. The lowest BCUT2D eigenvalue weighted by molar-refractivity contribution is 0.0618. The maximum atomic E-state index is 5.68. The molecule has 0 amide bonds. The minimum absolute atomic E-state index is 0.336. The highest BCUT2D eigenvalue weighted by Gasteiger charge is 2.25. The van der Waals surface area contributed by atoms with E-state index in [2.05, 4.69) is 30.6 Å². The summed E-state index contributed by atoms with van der Waals surface area (Å²) in [7, 11) is 0. The molecule has 0 atom stereocenters. The Hall–Kier alpha value is 0.210. The predicted octanol–water partition coefficient (Wildman–Crippen LogP) is 2.42. The van der Waals surface area contributed by atoms with Crippen molar-refractivity contribution in [2.75, 3.05) is 38.6 Å². The van der Waals surface area contributed by atoms with Crippen LogP contribution in [0.1, 0.15) is 33.6 Å². The Morgan fingerprint density at radius 2 is 1.60 bits per heavy atom. The van der Waals surface area contributed by atoms with Crippen LogP contribution in [0, 0.1) is 0 Å². The molecule has 1 fully saturated rings. The molecule has 15 heavy (non-hydrogen) atoms. The minimum Gasteiger partial charge on any atom is -0.301 e. The molecule has 3 heteroatoms. The Balaban J connectivity index is 2.18. The van der Waals surface area contributed by atoms with Crippen LogP contribution in [0.15, 0.2) is 0 Å². The van der Waals surface area contributed by atoms with Gasteiger partial charge < -0.3 is 4.90 Å². The van der Waals surface area contributed by atoms with Gasteiger partial charge in [-0.15, -0.1) is 11.6 Å². The molecule has 0 spiro atoms. The smallest absolute Gasteiger partial charge is 0.0223 e. The van der Waals surface area contributed by atoms with E-state index in [-0.39, 0.29) is 0 Å². The summed E-state index contributed by atoms with van der Waals surface area (Å²) in [6.45, 7) is 13.0. The van der Waals surface area contributed by atoms with Gasteiger partial charge in [-0.05, 0) is 40.2 Å². The summed E-state index contributed by atoms with van der Waals surface area (Å²) in [4.78, 5) is 5.14. The Bertz CT molecular complexity index is 169. The molecule has 90 valence electrons. The first kappa shape index (κ1) is 13.3. The first-order valence-electron chi connectivity index (χ1n) is 6.07. The van der Waals surface area contributed by atoms with E-state index in [1.165, 1.54) is 39.1 Å². The lowest BCUT2D eigenvalue weighted by atomic mass is 10.0. The van der Waals surface area contributed by atoms with E-state index >= 15 is 0 Å². The van der Waals surface area contributed by atoms with Crippen LogP contribution in [0.25, 0.3) is 0 Å². The minimum atomic E-state index is 0.336. The Morgan fingerprint density at radius 3 is 2.07 bits per heavy atom. The van der Waals surface area contributed by atoms with Crippen molar-refractivity contribution in [3.8, 4) is 0 Å². The zero-order chi connectivity index (χ0) is 11.3. The van der Waals surface area contributed by atoms with Gasteiger partial charge in [-0.2, -0.15) is 0 Å². The quantitative estimate of drug-likeness (QED) is 0.543. The topological polar surface area (TPSA) is 6.48 Å². The molecule has 0 saturated carbocycles. The number of piperazine rings is 1. The van der Waals surface area contributed by atoms with Gasteiger partial charge in [-0.3, -0.25) is 4.90 Å². The van der Waals surface area contributed by atoms with E-state index in [1.807, 2.05) is 0 Å². The highest BCUT2D eigenvalue weighted by molar-refractivity contribution is 6.17. The standard InChI is InChI=1S/C12H25ClN2/c1-12(2,3)15-10-8-14(9-11-15)7-5-4-6-13/h4-11H2,1-3H3. The number of halogens is 1. The second kappa shape index (κ2) is 6.07. The summed E-state index contributed by atoms with van der Waals surface area (Å²) in [6.07, 6.45) is 2.40. The number of hydrogen-bond acceptors (Lipinski definition) is 2. The lowest BCUT2D eigenvalue weighted by Gasteiger charge is -2.42. The molecule has 0 radical (unpaired) electrons. The second-order valence-corrected chi connectivity index (χ2v) is 5.77. The fraction of sp³-hybridized carbons (Fsp3) is 1.00. The van der Waals surface area contributed by atoms with Crippen molar-refractivity contribution in [3.05, 3.63) is 0 Å². The molecule has 1 aliphatic heterocycles. The van der Waals surface area contributed by atoms with Crippen LogP contribution in [0.3, 0.4) is 0 Å². The first-order valence-corrected chi connectivity index (χ1v) is 6.61. The number of unbranched alkanes of at least 4 members (excludes halogenated alkanes) is 1. The maximum absolute atomic E-state index is 5.68. The van der Waals surface area contributed by atoms with Crippen LogP contribution < -0.4 is 0 Å². The summed E-state index contributed by atoms with van der Waals surface area (Å²) < 4.78 is 0. The normalized spacial score (nSPS) is 20.8. The van der Waals surface area contributed by atoms with E-state index < -0.39 is 0 Å². The van der Waals surface area contributed by atoms with E-state index in [1.54, 1.807) is 0 Å². The van der Waals surface area contributed by atoms with Crippen LogP contribution >= 0.6 is 11.6 Å². The van der Waals surface area contributed by atoms with Crippen LogP contribution in [0.5, 0.6) is 0 Å². The summed E-state index contributed by atoms with van der Waals surface area (Å²) in [5, 5.41) is 0. The van der Waals surface area contributed by atoms with Crippen molar-refractivity contribution >= 4 is 11.6 Å². The number of nitrogens with zero attached hydrogens (tertiary/aromatic N) is 2. The van der Waals surface area contributed by atoms with Crippen LogP contribution in [-0.2, 0) is 0 Å². The molecule has 0 N–H and O–H groups in total. The average Bonchev–Trinajstić information content (AvgIpc) is 2.18. The highest BCUT2D eigenvalue weighted by Crippen LogP contribution is 2.15. The van der Waals surface area contributed by atoms with Crippen molar-refractivity contribution in [2.24, 2.45) is 0 Å². The summed E-state index contributed by atoms with van der Waals surface area (Å²) in [6, 6.07) is 0. The van der Waals surface area contributed by atoms with E-state index in [0.717, 1.165) is 12.3 Å². The first-order chi connectivity index (χ1) is 7.04. The third-order valence-electron chi connectivity index (χ3n) is 3.18. The molecule has 2 nitrogen and oxygen atoms in total. The molecular formula is C12H25ClN2. The van der Waals surface area contributed by atoms with Gasteiger partial charge in [0.2, 0.25) is 0 Å². The van der Waals surface area contributed by atoms with Gasteiger partial charge in [-0.1, -0.05) is 0 Å². The molecule has 0 aliphatic carbocycles. The van der Waals surface area contributed by atoms with Gasteiger partial charge in [0.05, 0.1) is 0 Å². The van der Waals surface area contributed by atoms with Crippen molar-refractivity contribution in [3.63, 3.8) is 0 Å². The second-order valence-electron chi connectivity index (χ2n) is 5.40. The Labute approximate surface area is 99.6 Å². The molecule has 0 aromatic rings. The SMILES string of the molecule is CC(C)(C)N1CCN(CCCCCl)CC1. The zero-order valence-electron chi connectivity index (χ0n) is 10.4. The van der Waals surface area contributed by atoms with Crippen molar-refractivity contribution in [1.29, 1.82) is 0 Å². The lowest BCUT2D eigenvalue weighted by Crippen LogP contribution is -2.53. The van der Waals surface area contributed by atoms with Crippen LogP contribution in [0.4, 0.5) is 0 Å². The van der Waals surface area contributed by atoms with Crippen molar-refractivity contribution < 1.29 is 0 Å². The number of hydrogen-bond donors (Lipinski definition) is 0. The Morgan fingerprint density at radius 1 is 1.00 bits per heavy atom. The van der Waals surface area contributed by atoms with Crippen LogP contribution in [-0.4, -0.2) is 53.9 Å². The van der Waals surface area contributed by atoms with Gasteiger partial charge in [-0.25, -0.2) is 0 Å². The monoisotopic (exact) mass is 232 g/mol. The summed E-state index contributed by atoms with van der Waals surface area (Å²) in [5.74, 6) is 0.807. The number of rotatable bonds is 4. The summed E-state index contributed by atoms with van der Waals surface area (Å²) in [5.41, 5.74) is 0.336. The number of alkyl halides is 1. The average molecular weight is 233 g/mol. The van der Waals surface area contributed by atoms with Gasteiger partial charge >= 0.3 is 0 Å². The van der Waals surface area contributed by atoms with Crippen molar-refractivity contribution in [1.82, 2.24) is 9.80 Å². The molecule has 1 heterocycles.